The van der Waals surface area contributed by atoms with Gasteiger partial charge in [0.25, 0.3) is 5.91 Å². The van der Waals surface area contributed by atoms with Gasteiger partial charge >= 0.3 is 0 Å². The maximum atomic E-state index is 12.6. The van der Waals surface area contributed by atoms with E-state index in [4.69, 9.17) is 20.9 Å². The van der Waals surface area contributed by atoms with Crippen LogP contribution in [0.25, 0.3) is 0 Å². The van der Waals surface area contributed by atoms with Gasteiger partial charge < -0.3 is 14.6 Å². The Morgan fingerprint density at radius 3 is 2.62 bits per heavy atom. The van der Waals surface area contributed by atoms with Crippen LogP contribution >= 0.6 is 11.6 Å². The fraction of sp³-hybridized carbons (Fsp3) is 0.200. The van der Waals surface area contributed by atoms with Crippen molar-refractivity contribution >= 4 is 23.2 Å². The van der Waals surface area contributed by atoms with Crippen molar-refractivity contribution in [2.24, 2.45) is 0 Å². The highest BCUT2D eigenvalue weighted by atomic mass is 35.5. The number of anilines is 1. The summed E-state index contributed by atoms with van der Waals surface area (Å²) in [5.74, 6) is 0.896. The van der Waals surface area contributed by atoms with Crippen LogP contribution in [-0.4, -0.2) is 11.1 Å². The van der Waals surface area contributed by atoms with Crippen molar-refractivity contribution in [3.63, 3.8) is 0 Å². The minimum Gasteiger partial charge on any atom is -0.489 e. The molecule has 0 aliphatic rings. The van der Waals surface area contributed by atoms with Gasteiger partial charge in [-0.15, -0.1) is 0 Å². The molecule has 26 heavy (non-hydrogen) atoms. The van der Waals surface area contributed by atoms with E-state index in [0.717, 1.165) is 11.1 Å². The largest absolute Gasteiger partial charge is 0.489 e. The zero-order valence-electron chi connectivity index (χ0n) is 14.8. The first-order valence-corrected chi connectivity index (χ1v) is 8.54. The van der Waals surface area contributed by atoms with Crippen LogP contribution in [0.4, 0.5) is 5.69 Å². The first kappa shape index (κ1) is 18.0. The molecule has 0 radical (unpaired) electrons. The van der Waals surface area contributed by atoms with Crippen molar-refractivity contribution < 1.29 is 14.1 Å². The summed E-state index contributed by atoms with van der Waals surface area (Å²) in [7, 11) is 0. The van der Waals surface area contributed by atoms with Crippen LogP contribution in [0.3, 0.4) is 0 Å². The molecule has 0 aliphatic heterocycles. The minimum absolute atomic E-state index is 0.190. The molecule has 3 aromatic rings. The first-order valence-electron chi connectivity index (χ1n) is 8.17. The summed E-state index contributed by atoms with van der Waals surface area (Å²) in [6.45, 7) is 5.79. The standard InChI is InChI=1S/C20H19ClN2O3/c1-12-7-9-15(10-8-12)25-11-16-14(3)26-23-19(16)20(24)22-18-6-4-5-17(21)13(18)2/h4-10H,11H2,1-3H3,(H,22,24). The van der Waals surface area contributed by atoms with Crippen molar-refractivity contribution in [2.75, 3.05) is 5.32 Å². The minimum atomic E-state index is -0.366. The maximum Gasteiger partial charge on any atom is 0.278 e. The fourth-order valence-corrected chi connectivity index (χ4v) is 2.63. The Morgan fingerprint density at radius 2 is 1.88 bits per heavy atom. The quantitative estimate of drug-likeness (QED) is 0.679. The predicted octanol–water partition coefficient (Wildman–Crippen LogP) is 5.08. The molecule has 1 aromatic heterocycles. The number of hydrogen-bond donors (Lipinski definition) is 1. The third-order valence-electron chi connectivity index (χ3n) is 4.12. The van der Waals surface area contributed by atoms with E-state index in [1.54, 1.807) is 25.1 Å². The lowest BCUT2D eigenvalue weighted by Crippen LogP contribution is -2.16. The molecule has 0 saturated heterocycles. The first-order chi connectivity index (χ1) is 12.5. The SMILES string of the molecule is Cc1ccc(OCc2c(C(=O)Nc3cccc(Cl)c3C)noc2C)cc1. The van der Waals surface area contributed by atoms with Gasteiger partial charge in [0.15, 0.2) is 5.69 Å². The highest BCUT2D eigenvalue weighted by Gasteiger charge is 2.21. The van der Waals surface area contributed by atoms with Gasteiger partial charge in [0.05, 0.1) is 5.56 Å². The van der Waals surface area contributed by atoms with Crippen molar-refractivity contribution in [2.45, 2.75) is 27.4 Å². The summed E-state index contributed by atoms with van der Waals surface area (Å²) in [5.41, 5.74) is 3.39. The van der Waals surface area contributed by atoms with Gasteiger partial charge in [-0.2, -0.15) is 0 Å². The van der Waals surface area contributed by atoms with E-state index in [1.807, 2.05) is 38.1 Å². The highest BCUT2D eigenvalue weighted by Crippen LogP contribution is 2.24. The Balaban J connectivity index is 1.77. The average molecular weight is 371 g/mol. The summed E-state index contributed by atoms with van der Waals surface area (Å²) in [6, 6.07) is 13.0. The lowest BCUT2D eigenvalue weighted by molar-refractivity contribution is 0.101. The molecule has 0 spiro atoms. The van der Waals surface area contributed by atoms with Crippen LogP contribution in [0.1, 0.15) is 32.9 Å². The number of carbonyl (C=O) groups excluding carboxylic acids is 1. The lowest BCUT2D eigenvalue weighted by atomic mass is 10.1. The molecule has 0 saturated carbocycles. The topological polar surface area (TPSA) is 64.4 Å². The summed E-state index contributed by atoms with van der Waals surface area (Å²) >= 11 is 6.10. The van der Waals surface area contributed by atoms with E-state index in [9.17, 15) is 4.79 Å². The van der Waals surface area contributed by atoms with Gasteiger partial charge in [0.1, 0.15) is 18.1 Å². The molecule has 3 rings (SSSR count). The second kappa shape index (κ2) is 7.62. The average Bonchev–Trinajstić information content (AvgIpc) is 2.99. The smallest absolute Gasteiger partial charge is 0.278 e. The van der Waals surface area contributed by atoms with Gasteiger partial charge in [-0.25, -0.2) is 0 Å². The number of aromatic nitrogens is 1. The fourth-order valence-electron chi connectivity index (χ4n) is 2.45. The summed E-state index contributed by atoms with van der Waals surface area (Å²) < 4.78 is 11.0. The molecular weight excluding hydrogens is 352 g/mol. The Kier molecular flexibility index (Phi) is 5.28. The summed E-state index contributed by atoms with van der Waals surface area (Å²) in [6.07, 6.45) is 0. The van der Waals surface area contributed by atoms with Crippen LogP contribution in [0.5, 0.6) is 5.75 Å². The number of hydrogen-bond acceptors (Lipinski definition) is 4. The molecule has 1 N–H and O–H groups in total. The van der Waals surface area contributed by atoms with E-state index < -0.39 is 0 Å². The molecule has 0 atom stereocenters. The molecule has 0 unspecified atom stereocenters. The number of halogens is 1. The number of ether oxygens (including phenoxy) is 1. The summed E-state index contributed by atoms with van der Waals surface area (Å²) in [5, 5.41) is 7.30. The van der Waals surface area contributed by atoms with Gasteiger partial charge in [-0.3, -0.25) is 4.79 Å². The molecule has 0 bridgehead atoms. The molecule has 1 heterocycles. The van der Waals surface area contributed by atoms with Crippen molar-refractivity contribution in [1.29, 1.82) is 0 Å². The molecule has 6 heteroatoms. The number of benzene rings is 2. The van der Waals surface area contributed by atoms with Crippen molar-refractivity contribution in [3.05, 3.63) is 75.6 Å². The van der Waals surface area contributed by atoms with Gasteiger partial charge in [-0.1, -0.05) is 40.5 Å². The van der Waals surface area contributed by atoms with Crippen LogP contribution < -0.4 is 10.1 Å². The Labute approximate surface area is 156 Å². The molecule has 2 aromatic carbocycles. The summed E-state index contributed by atoms with van der Waals surface area (Å²) in [4.78, 5) is 12.6. The molecule has 0 aliphatic carbocycles. The molecule has 0 fully saturated rings. The number of nitrogens with one attached hydrogen (secondary N) is 1. The van der Waals surface area contributed by atoms with E-state index in [1.165, 1.54) is 0 Å². The Bertz CT molecular complexity index is 933. The van der Waals surface area contributed by atoms with Crippen LogP contribution in [-0.2, 0) is 6.61 Å². The van der Waals surface area contributed by atoms with Gasteiger partial charge in [0.2, 0.25) is 0 Å². The number of nitrogens with zero attached hydrogens (tertiary/aromatic N) is 1. The third kappa shape index (κ3) is 3.89. The predicted molar refractivity (Wildman–Crippen MR) is 101 cm³/mol. The third-order valence-corrected chi connectivity index (χ3v) is 4.53. The molecular formula is C20H19ClN2O3. The molecule has 5 nitrogen and oxygen atoms in total. The number of aryl methyl sites for hydroxylation is 2. The van der Waals surface area contributed by atoms with Gasteiger partial charge in [0, 0.05) is 10.7 Å². The second-order valence-electron chi connectivity index (χ2n) is 6.03. The van der Waals surface area contributed by atoms with Crippen LogP contribution in [0.15, 0.2) is 47.0 Å². The highest BCUT2D eigenvalue weighted by molar-refractivity contribution is 6.31. The molecule has 134 valence electrons. The van der Waals surface area contributed by atoms with E-state index in [-0.39, 0.29) is 18.2 Å². The van der Waals surface area contributed by atoms with Crippen LogP contribution in [0.2, 0.25) is 5.02 Å². The zero-order chi connectivity index (χ0) is 18.7. The molecule has 1 amide bonds. The number of rotatable bonds is 5. The number of amides is 1. The normalized spacial score (nSPS) is 10.6. The van der Waals surface area contributed by atoms with Crippen molar-refractivity contribution in [1.82, 2.24) is 5.16 Å². The monoisotopic (exact) mass is 370 g/mol. The zero-order valence-corrected chi connectivity index (χ0v) is 15.6. The second-order valence-corrected chi connectivity index (χ2v) is 6.44. The number of carbonyl (C=O) groups is 1. The Hall–Kier alpha value is -2.79. The van der Waals surface area contributed by atoms with E-state index in [0.29, 0.717) is 27.8 Å². The van der Waals surface area contributed by atoms with Gasteiger partial charge in [-0.05, 0) is 50.6 Å². The maximum absolute atomic E-state index is 12.6. The van der Waals surface area contributed by atoms with Crippen LogP contribution in [0, 0.1) is 20.8 Å². The van der Waals surface area contributed by atoms with Crippen molar-refractivity contribution in [3.8, 4) is 5.75 Å². The Morgan fingerprint density at radius 1 is 1.15 bits per heavy atom. The van der Waals surface area contributed by atoms with E-state index in [2.05, 4.69) is 10.5 Å². The lowest BCUT2D eigenvalue weighted by Gasteiger charge is -2.10. The van der Waals surface area contributed by atoms with E-state index >= 15 is 0 Å².